The number of nitrogens with zero attached hydrogens (tertiary/aromatic N) is 2. The third-order valence-corrected chi connectivity index (χ3v) is 7.01. The fourth-order valence-electron chi connectivity index (χ4n) is 4.26. The minimum atomic E-state index is -0.657. The van der Waals surface area contributed by atoms with Gasteiger partial charge in [0.1, 0.15) is 18.2 Å². The number of carbonyl (C=O) groups is 1. The highest BCUT2D eigenvalue weighted by atomic mass is 32.1. The molecule has 0 saturated heterocycles. The average Bonchev–Trinajstić information content (AvgIpc) is 3.54. The summed E-state index contributed by atoms with van der Waals surface area (Å²) in [4.78, 5) is 18.6. The van der Waals surface area contributed by atoms with Crippen molar-refractivity contribution in [2.45, 2.75) is 37.5 Å². The number of aliphatic hydroxyl groups is 1. The molecule has 1 aliphatic heterocycles. The quantitative estimate of drug-likeness (QED) is 0.377. The van der Waals surface area contributed by atoms with E-state index in [-0.39, 0.29) is 37.5 Å². The second kappa shape index (κ2) is 11.2. The van der Waals surface area contributed by atoms with Crippen LogP contribution in [0, 0.1) is 5.82 Å². The van der Waals surface area contributed by atoms with Crippen LogP contribution < -0.4 is 4.74 Å². The summed E-state index contributed by atoms with van der Waals surface area (Å²) in [6.45, 7) is 5.75. The number of hydrogen-bond acceptors (Lipinski definition) is 6. The Morgan fingerprint density at radius 1 is 1.39 bits per heavy atom. The Morgan fingerprint density at radius 3 is 3.00 bits per heavy atom. The van der Waals surface area contributed by atoms with Crippen molar-refractivity contribution in [3.05, 3.63) is 64.6 Å². The second-order valence-corrected chi connectivity index (χ2v) is 9.56. The molecule has 1 fully saturated rings. The summed E-state index contributed by atoms with van der Waals surface area (Å²) in [7, 11) is 0. The van der Waals surface area contributed by atoms with Crippen molar-refractivity contribution in [1.82, 2.24) is 9.80 Å². The topological polar surface area (TPSA) is 62.2 Å². The van der Waals surface area contributed by atoms with Crippen LogP contribution in [0.1, 0.15) is 29.3 Å². The third-order valence-electron chi connectivity index (χ3n) is 6.01. The van der Waals surface area contributed by atoms with Crippen molar-refractivity contribution < 1.29 is 23.8 Å². The van der Waals surface area contributed by atoms with Crippen LogP contribution in [0.3, 0.4) is 0 Å². The number of aliphatic hydroxyl groups excluding tert-OH is 1. The van der Waals surface area contributed by atoms with Gasteiger partial charge in [-0.2, -0.15) is 0 Å². The minimum Gasteiger partial charge on any atom is -0.491 e. The third kappa shape index (κ3) is 6.41. The average molecular weight is 475 g/mol. The number of ether oxygens (including phenoxy) is 2. The van der Waals surface area contributed by atoms with Gasteiger partial charge in [0.05, 0.1) is 31.9 Å². The smallest absolute Gasteiger partial charge is 0.237 e. The van der Waals surface area contributed by atoms with Crippen molar-refractivity contribution in [2.75, 3.05) is 39.5 Å². The highest BCUT2D eigenvalue weighted by molar-refractivity contribution is 7.10. The van der Waals surface area contributed by atoms with Crippen LogP contribution in [0.4, 0.5) is 4.39 Å². The van der Waals surface area contributed by atoms with E-state index in [0.717, 1.165) is 24.8 Å². The largest absolute Gasteiger partial charge is 0.491 e. The fourth-order valence-corrected chi connectivity index (χ4v) is 5.19. The van der Waals surface area contributed by atoms with Crippen molar-refractivity contribution in [2.24, 2.45) is 0 Å². The predicted molar refractivity (Wildman–Crippen MR) is 126 cm³/mol. The fraction of sp³-hybridized carbons (Fsp3) is 0.480. The van der Waals surface area contributed by atoms with Crippen molar-refractivity contribution in [3.63, 3.8) is 0 Å². The molecular formula is C25H31FN2O4S. The summed E-state index contributed by atoms with van der Waals surface area (Å²) in [6, 6.07) is 8.22. The summed E-state index contributed by atoms with van der Waals surface area (Å²) >= 11 is 1.70. The molecule has 1 aliphatic carbocycles. The molecule has 1 amide bonds. The van der Waals surface area contributed by atoms with E-state index in [1.807, 2.05) is 10.3 Å². The summed E-state index contributed by atoms with van der Waals surface area (Å²) in [6.07, 6.45) is 3.88. The molecule has 0 radical (unpaired) electrons. The number of fused-ring (bicyclic) bond motifs is 1. The lowest BCUT2D eigenvalue weighted by atomic mass is 10.0. The summed E-state index contributed by atoms with van der Waals surface area (Å²) < 4.78 is 24.8. The Morgan fingerprint density at radius 2 is 2.24 bits per heavy atom. The molecule has 2 aliphatic rings. The van der Waals surface area contributed by atoms with Gasteiger partial charge in [0.25, 0.3) is 0 Å². The lowest BCUT2D eigenvalue weighted by Crippen LogP contribution is -2.48. The van der Waals surface area contributed by atoms with Crippen molar-refractivity contribution in [1.29, 1.82) is 0 Å². The number of benzene rings is 1. The van der Waals surface area contributed by atoms with Crippen LogP contribution >= 0.6 is 11.3 Å². The molecule has 0 bridgehead atoms. The van der Waals surface area contributed by atoms with Crippen LogP contribution in [-0.2, 0) is 16.0 Å². The van der Waals surface area contributed by atoms with Crippen LogP contribution in [-0.4, -0.2) is 72.4 Å². The van der Waals surface area contributed by atoms with Crippen molar-refractivity contribution in [3.8, 4) is 5.75 Å². The molecule has 2 aromatic rings. The molecule has 0 spiro atoms. The number of thiophene rings is 1. The maximum Gasteiger partial charge on any atom is 0.237 e. The van der Waals surface area contributed by atoms with Gasteiger partial charge in [-0.3, -0.25) is 9.69 Å². The van der Waals surface area contributed by atoms with Gasteiger partial charge in [0.2, 0.25) is 5.91 Å². The maximum absolute atomic E-state index is 13.6. The highest BCUT2D eigenvalue weighted by Crippen LogP contribution is 2.34. The van der Waals surface area contributed by atoms with Crippen LogP contribution in [0.25, 0.3) is 0 Å². The Hall–Kier alpha value is -2.26. The number of amides is 1. The molecule has 33 heavy (non-hydrogen) atoms. The summed E-state index contributed by atoms with van der Waals surface area (Å²) in [5.41, 5.74) is 1.10. The Labute approximate surface area is 198 Å². The molecule has 2 heterocycles. The predicted octanol–water partition coefficient (Wildman–Crippen LogP) is 3.42. The van der Waals surface area contributed by atoms with E-state index in [4.69, 9.17) is 9.47 Å². The standard InChI is InChI=1S/C25H31FN2O4S/c1-2-11-31-16-20(29)14-27(19-6-7-19)15-25(30)28-10-8-24-22(9-12-33-24)23(28)17-32-21-5-3-4-18(26)13-21/h2-5,9,12-13,19-20,23,29H,1,6-8,10-11,14-17H2/t20-,23+/m1/s1. The van der Waals surface area contributed by atoms with Gasteiger partial charge in [0.15, 0.2) is 0 Å². The van der Waals surface area contributed by atoms with Crippen LogP contribution in [0.2, 0.25) is 0 Å². The van der Waals surface area contributed by atoms with Crippen LogP contribution in [0.5, 0.6) is 5.75 Å². The van der Waals surface area contributed by atoms with E-state index in [2.05, 4.69) is 17.5 Å². The molecule has 4 rings (SSSR count). The first-order valence-corrected chi connectivity index (χ1v) is 12.3. The second-order valence-electron chi connectivity index (χ2n) is 8.56. The zero-order valence-electron chi connectivity index (χ0n) is 18.7. The first-order valence-electron chi connectivity index (χ1n) is 11.4. The monoisotopic (exact) mass is 474 g/mol. The van der Waals surface area contributed by atoms with E-state index >= 15 is 0 Å². The molecule has 1 N–H and O–H groups in total. The van der Waals surface area contributed by atoms with Gasteiger partial charge in [0, 0.05) is 30.1 Å². The number of hydrogen-bond donors (Lipinski definition) is 1. The van der Waals surface area contributed by atoms with E-state index in [1.54, 1.807) is 29.5 Å². The maximum atomic E-state index is 13.6. The zero-order chi connectivity index (χ0) is 23.2. The van der Waals surface area contributed by atoms with E-state index in [9.17, 15) is 14.3 Å². The molecule has 2 atom stereocenters. The molecule has 1 saturated carbocycles. The highest BCUT2D eigenvalue weighted by Gasteiger charge is 2.36. The van der Waals surface area contributed by atoms with Gasteiger partial charge in [-0.05, 0) is 48.4 Å². The van der Waals surface area contributed by atoms with E-state index in [1.165, 1.54) is 17.0 Å². The van der Waals surface area contributed by atoms with Gasteiger partial charge < -0.3 is 19.5 Å². The molecular weight excluding hydrogens is 443 g/mol. The molecule has 1 aromatic carbocycles. The molecule has 8 heteroatoms. The number of carbonyl (C=O) groups excluding carboxylic acids is 1. The minimum absolute atomic E-state index is 0.0193. The Balaban J connectivity index is 1.42. The van der Waals surface area contributed by atoms with E-state index < -0.39 is 6.10 Å². The first-order chi connectivity index (χ1) is 16.0. The lowest BCUT2D eigenvalue weighted by molar-refractivity contribution is -0.136. The van der Waals surface area contributed by atoms with Gasteiger partial charge >= 0.3 is 0 Å². The number of rotatable bonds is 12. The molecule has 1 aromatic heterocycles. The summed E-state index contributed by atoms with van der Waals surface area (Å²) in [5, 5.41) is 12.4. The molecule has 6 nitrogen and oxygen atoms in total. The van der Waals surface area contributed by atoms with Gasteiger partial charge in [-0.15, -0.1) is 17.9 Å². The van der Waals surface area contributed by atoms with Crippen LogP contribution in [0.15, 0.2) is 48.4 Å². The SMILES string of the molecule is C=CCOC[C@H](O)CN(CC(=O)N1CCc2sccc2[C@@H]1COc1cccc(F)c1)C1CC1. The van der Waals surface area contributed by atoms with Gasteiger partial charge in [-0.1, -0.05) is 12.1 Å². The van der Waals surface area contributed by atoms with Crippen molar-refractivity contribution >= 4 is 17.2 Å². The normalized spacial score (nSPS) is 18.8. The molecule has 0 unspecified atom stereocenters. The lowest BCUT2D eigenvalue weighted by Gasteiger charge is -2.37. The first kappa shape index (κ1) is 23.9. The Bertz CT molecular complexity index is 948. The number of halogens is 1. The molecule has 178 valence electrons. The summed E-state index contributed by atoms with van der Waals surface area (Å²) in [5.74, 6) is 0.119. The Kier molecular flexibility index (Phi) is 8.14. The van der Waals surface area contributed by atoms with Gasteiger partial charge in [-0.25, -0.2) is 4.39 Å². The zero-order valence-corrected chi connectivity index (χ0v) is 19.5. The van der Waals surface area contributed by atoms with E-state index in [0.29, 0.717) is 31.5 Å².